The SMILES string of the molecule is C=C(Cl)/C(=C\C=N/CC)c1c(C)nc(N2CCC3(CC2)Cc2ncccc2[C@H]3N)c2ccnn12. The highest BCUT2D eigenvalue weighted by molar-refractivity contribution is 6.37. The number of piperidine rings is 1. The summed E-state index contributed by atoms with van der Waals surface area (Å²) in [5.74, 6) is 0.942. The van der Waals surface area contributed by atoms with Crippen LogP contribution in [0.4, 0.5) is 5.82 Å². The van der Waals surface area contributed by atoms with Gasteiger partial charge in [0.1, 0.15) is 5.52 Å². The molecule has 1 fully saturated rings. The third kappa shape index (κ3) is 3.73. The van der Waals surface area contributed by atoms with E-state index < -0.39 is 0 Å². The number of aliphatic imine (C=N–C) groups is 1. The molecule has 1 aliphatic heterocycles. The summed E-state index contributed by atoms with van der Waals surface area (Å²) < 4.78 is 1.92. The third-order valence-corrected chi connectivity index (χ3v) is 7.48. The lowest BCUT2D eigenvalue weighted by molar-refractivity contribution is 0.187. The summed E-state index contributed by atoms with van der Waals surface area (Å²) in [7, 11) is 0. The fourth-order valence-electron chi connectivity index (χ4n) is 5.45. The molecule has 0 radical (unpaired) electrons. The number of halogens is 1. The molecule has 0 unspecified atom stereocenters. The van der Waals surface area contributed by atoms with Gasteiger partial charge in [-0.1, -0.05) is 24.2 Å². The van der Waals surface area contributed by atoms with Crippen LogP contribution in [0.1, 0.15) is 48.5 Å². The molecular weight excluding hydrogens is 446 g/mol. The minimum atomic E-state index is 0.0395. The Balaban J connectivity index is 1.46. The van der Waals surface area contributed by atoms with E-state index in [0.29, 0.717) is 11.6 Å². The summed E-state index contributed by atoms with van der Waals surface area (Å²) in [4.78, 5) is 16.3. The summed E-state index contributed by atoms with van der Waals surface area (Å²) in [6.45, 7) is 10.4. The maximum Gasteiger partial charge on any atom is 0.155 e. The molecule has 1 saturated heterocycles. The van der Waals surface area contributed by atoms with E-state index >= 15 is 0 Å². The molecule has 2 N–H and O–H groups in total. The van der Waals surface area contributed by atoms with Gasteiger partial charge in [-0.2, -0.15) is 5.10 Å². The van der Waals surface area contributed by atoms with Gasteiger partial charge in [-0.15, -0.1) is 0 Å². The summed E-state index contributed by atoms with van der Waals surface area (Å²) in [5.41, 5.74) is 12.6. The molecule has 4 heterocycles. The van der Waals surface area contributed by atoms with E-state index in [2.05, 4.69) is 32.6 Å². The van der Waals surface area contributed by atoms with Crippen LogP contribution < -0.4 is 10.6 Å². The van der Waals surface area contributed by atoms with Crippen molar-refractivity contribution in [3.63, 3.8) is 0 Å². The molecule has 1 aliphatic carbocycles. The standard InChI is InChI=1S/C26H30ClN7/c1-4-29-12-7-19(17(2)27)23-18(3)32-25(22-8-13-31-34(22)23)33-14-9-26(10-15-33)16-21-20(24(26)28)6-5-11-30-21/h5-8,11-13,24H,2,4,9-10,14-16,28H2,1,3H3/b19-7+,29-12-/t24-/m1/s1. The van der Waals surface area contributed by atoms with Crippen molar-refractivity contribution >= 4 is 34.7 Å². The van der Waals surface area contributed by atoms with Crippen molar-refractivity contribution in [2.75, 3.05) is 24.5 Å². The maximum absolute atomic E-state index is 6.74. The number of aryl methyl sites for hydroxylation is 1. The zero-order valence-corrected chi connectivity index (χ0v) is 20.5. The number of aromatic nitrogens is 4. The molecule has 7 nitrogen and oxygen atoms in total. The normalized spacial score (nSPS) is 19.9. The monoisotopic (exact) mass is 475 g/mol. The third-order valence-electron chi connectivity index (χ3n) is 7.28. The highest BCUT2D eigenvalue weighted by Gasteiger charge is 2.46. The van der Waals surface area contributed by atoms with Crippen molar-refractivity contribution < 1.29 is 0 Å². The Morgan fingerprint density at radius 3 is 2.82 bits per heavy atom. The van der Waals surface area contributed by atoms with Gasteiger partial charge in [0.25, 0.3) is 0 Å². The van der Waals surface area contributed by atoms with E-state index in [4.69, 9.17) is 22.3 Å². The topological polar surface area (TPSA) is 84.7 Å². The van der Waals surface area contributed by atoms with Crippen molar-refractivity contribution in [2.45, 2.75) is 39.2 Å². The average molecular weight is 476 g/mol. The van der Waals surface area contributed by atoms with Gasteiger partial charge in [0.15, 0.2) is 5.82 Å². The number of allylic oxidation sites excluding steroid dienone is 3. The van der Waals surface area contributed by atoms with Gasteiger partial charge in [0.2, 0.25) is 0 Å². The zero-order valence-electron chi connectivity index (χ0n) is 19.7. The van der Waals surface area contributed by atoms with Crippen LogP contribution in [0.2, 0.25) is 0 Å². The van der Waals surface area contributed by atoms with Crippen LogP contribution in [0.5, 0.6) is 0 Å². The molecule has 8 heteroatoms. The molecule has 0 bridgehead atoms. The molecule has 176 valence electrons. The number of nitrogens with zero attached hydrogens (tertiary/aromatic N) is 6. The van der Waals surface area contributed by atoms with Gasteiger partial charge < -0.3 is 10.6 Å². The first-order chi connectivity index (χ1) is 16.4. The fraction of sp³-hybridized carbons (Fsp3) is 0.385. The lowest BCUT2D eigenvalue weighted by atomic mass is 9.73. The van der Waals surface area contributed by atoms with E-state index in [0.717, 1.165) is 66.3 Å². The van der Waals surface area contributed by atoms with Crippen LogP contribution in [-0.2, 0) is 6.42 Å². The number of hydrogen-bond acceptors (Lipinski definition) is 6. The molecule has 34 heavy (non-hydrogen) atoms. The Kier molecular flexibility index (Phi) is 6.00. The Morgan fingerprint density at radius 1 is 1.32 bits per heavy atom. The van der Waals surface area contributed by atoms with Gasteiger partial charge in [-0.3, -0.25) is 9.98 Å². The highest BCUT2D eigenvalue weighted by Crippen LogP contribution is 2.50. The van der Waals surface area contributed by atoms with Crippen molar-refractivity contribution in [3.8, 4) is 0 Å². The van der Waals surface area contributed by atoms with E-state index in [1.807, 2.05) is 42.8 Å². The van der Waals surface area contributed by atoms with Crippen molar-refractivity contribution in [3.05, 3.63) is 70.9 Å². The number of rotatable bonds is 5. The first-order valence-corrected chi connectivity index (χ1v) is 12.2. The van der Waals surface area contributed by atoms with Gasteiger partial charge in [-0.05, 0) is 62.3 Å². The molecule has 2 aliphatic rings. The smallest absolute Gasteiger partial charge is 0.155 e. The number of hydrogen-bond donors (Lipinski definition) is 1. The molecule has 5 rings (SSSR count). The van der Waals surface area contributed by atoms with Crippen LogP contribution in [-0.4, -0.2) is 45.4 Å². The predicted molar refractivity (Wildman–Crippen MR) is 138 cm³/mol. The van der Waals surface area contributed by atoms with Crippen LogP contribution in [0.3, 0.4) is 0 Å². The van der Waals surface area contributed by atoms with Gasteiger partial charge in [0.05, 0.1) is 17.6 Å². The molecule has 3 aromatic rings. The van der Waals surface area contributed by atoms with Crippen molar-refractivity contribution in [1.82, 2.24) is 19.6 Å². The van der Waals surface area contributed by atoms with Gasteiger partial charge in [-0.25, -0.2) is 9.50 Å². The van der Waals surface area contributed by atoms with E-state index in [1.54, 1.807) is 12.4 Å². The molecule has 0 amide bonds. The van der Waals surface area contributed by atoms with Crippen molar-refractivity contribution in [2.24, 2.45) is 16.1 Å². The fourth-order valence-corrected chi connectivity index (χ4v) is 5.60. The minimum Gasteiger partial charge on any atom is -0.355 e. The van der Waals surface area contributed by atoms with Crippen LogP contribution in [0.15, 0.2) is 53.3 Å². The van der Waals surface area contributed by atoms with E-state index in [9.17, 15) is 0 Å². The molecule has 1 atom stereocenters. The molecule has 0 aromatic carbocycles. The summed E-state index contributed by atoms with van der Waals surface area (Å²) in [6.07, 6.45) is 10.3. The van der Waals surface area contributed by atoms with Crippen LogP contribution in [0.25, 0.3) is 11.1 Å². The van der Waals surface area contributed by atoms with Gasteiger partial charge in [0, 0.05) is 54.4 Å². The number of fused-ring (bicyclic) bond motifs is 2. The van der Waals surface area contributed by atoms with Crippen LogP contribution >= 0.6 is 11.6 Å². The lowest BCUT2D eigenvalue weighted by Gasteiger charge is -2.42. The van der Waals surface area contributed by atoms with E-state index in [-0.39, 0.29) is 11.5 Å². The summed E-state index contributed by atoms with van der Waals surface area (Å²) in [5, 5.41) is 5.04. The largest absolute Gasteiger partial charge is 0.355 e. The molecule has 1 spiro atoms. The van der Waals surface area contributed by atoms with Crippen LogP contribution in [0, 0.1) is 12.3 Å². The average Bonchev–Trinajstić information content (AvgIpc) is 3.41. The Bertz CT molecular complexity index is 1300. The second kappa shape index (κ2) is 8.96. The Hall–Kier alpha value is -3.03. The number of pyridine rings is 1. The molecular formula is C26H30ClN7. The summed E-state index contributed by atoms with van der Waals surface area (Å²) in [6, 6.07) is 6.17. The van der Waals surface area contributed by atoms with Crippen molar-refractivity contribution in [1.29, 1.82) is 0 Å². The quantitative estimate of drug-likeness (QED) is 0.433. The second-order valence-electron chi connectivity index (χ2n) is 9.17. The zero-order chi connectivity index (χ0) is 23.9. The summed E-state index contributed by atoms with van der Waals surface area (Å²) >= 11 is 6.39. The highest BCUT2D eigenvalue weighted by atomic mass is 35.5. The maximum atomic E-state index is 6.74. The minimum absolute atomic E-state index is 0.0395. The van der Waals surface area contributed by atoms with E-state index in [1.165, 1.54) is 5.56 Å². The predicted octanol–water partition coefficient (Wildman–Crippen LogP) is 4.50. The Labute approximate surface area is 205 Å². The number of anilines is 1. The molecule has 3 aromatic heterocycles. The van der Waals surface area contributed by atoms with Gasteiger partial charge >= 0.3 is 0 Å². The molecule has 0 saturated carbocycles. The first kappa shape index (κ1) is 22.7. The first-order valence-electron chi connectivity index (χ1n) is 11.8. The second-order valence-corrected chi connectivity index (χ2v) is 9.63. The Morgan fingerprint density at radius 2 is 2.12 bits per heavy atom. The number of nitrogens with two attached hydrogens (primary N) is 1. The lowest BCUT2D eigenvalue weighted by Crippen LogP contribution is -2.44.